The third-order valence-electron chi connectivity index (χ3n) is 3.68. The largest absolute Gasteiger partial charge is 0.449 e. The quantitative estimate of drug-likeness (QED) is 0.611. The van der Waals surface area contributed by atoms with Crippen LogP contribution in [0.1, 0.15) is 17.3 Å². The predicted octanol–water partition coefficient (Wildman–Crippen LogP) is 4.57. The van der Waals surface area contributed by atoms with E-state index >= 15 is 0 Å². The highest BCUT2D eigenvalue weighted by molar-refractivity contribution is 6.35. The number of carbonyl (C=O) groups is 2. The molecule has 1 amide bonds. The first kappa shape index (κ1) is 18.9. The number of imidazole rings is 1. The topological polar surface area (TPSA) is 84.1 Å². The zero-order valence-corrected chi connectivity index (χ0v) is 15.7. The molecule has 138 valence electrons. The molecule has 0 bridgehead atoms. The van der Waals surface area contributed by atoms with Crippen molar-refractivity contribution in [2.45, 2.75) is 13.0 Å². The van der Waals surface area contributed by atoms with E-state index in [0.717, 1.165) is 5.56 Å². The number of ether oxygens (including phenoxy) is 1. The summed E-state index contributed by atoms with van der Waals surface area (Å²) in [5.41, 5.74) is 1.58. The average molecular weight is 404 g/mol. The molecule has 1 aromatic heterocycles. The van der Waals surface area contributed by atoms with E-state index in [2.05, 4.69) is 15.3 Å². The molecule has 0 saturated heterocycles. The Balaban J connectivity index is 1.61. The fraction of sp³-hybridized carbons (Fsp3) is 0.105. The van der Waals surface area contributed by atoms with Gasteiger partial charge in [0.25, 0.3) is 5.91 Å². The number of rotatable bonds is 5. The van der Waals surface area contributed by atoms with Gasteiger partial charge >= 0.3 is 5.97 Å². The maximum absolute atomic E-state index is 12.3. The summed E-state index contributed by atoms with van der Waals surface area (Å²) in [5, 5.41) is 3.39. The van der Waals surface area contributed by atoms with Crippen molar-refractivity contribution in [2.75, 3.05) is 5.32 Å². The Hall–Kier alpha value is -2.83. The Kier molecular flexibility index (Phi) is 5.78. The summed E-state index contributed by atoms with van der Waals surface area (Å²) < 4.78 is 5.22. The van der Waals surface area contributed by atoms with Crippen molar-refractivity contribution < 1.29 is 14.3 Å². The van der Waals surface area contributed by atoms with E-state index in [4.69, 9.17) is 27.9 Å². The predicted molar refractivity (Wildman–Crippen MR) is 104 cm³/mol. The van der Waals surface area contributed by atoms with E-state index < -0.39 is 18.0 Å². The summed E-state index contributed by atoms with van der Waals surface area (Å²) in [6, 6.07) is 11.4. The SMILES string of the molecule is CC(OC(=O)c1ccc(-c2ncc[nH]2)cc1)C(=O)Nc1cc(Cl)cc(Cl)c1. The molecule has 2 N–H and O–H groups in total. The molecule has 2 aromatic carbocycles. The zero-order chi connectivity index (χ0) is 19.4. The number of nitrogens with one attached hydrogen (secondary N) is 2. The van der Waals surface area contributed by atoms with Gasteiger partial charge in [0.2, 0.25) is 0 Å². The number of halogens is 2. The van der Waals surface area contributed by atoms with Gasteiger partial charge in [-0.15, -0.1) is 0 Å². The third-order valence-corrected chi connectivity index (χ3v) is 4.11. The molecule has 0 aliphatic carbocycles. The van der Waals surface area contributed by atoms with Crippen LogP contribution >= 0.6 is 23.2 Å². The third kappa shape index (κ3) is 4.87. The van der Waals surface area contributed by atoms with Crippen molar-refractivity contribution >= 4 is 40.8 Å². The first-order chi connectivity index (χ1) is 12.9. The number of hydrogen-bond acceptors (Lipinski definition) is 4. The molecular weight excluding hydrogens is 389 g/mol. The van der Waals surface area contributed by atoms with Gasteiger partial charge in [-0.2, -0.15) is 0 Å². The first-order valence-corrected chi connectivity index (χ1v) is 8.76. The summed E-state index contributed by atoms with van der Waals surface area (Å²) in [6.45, 7) is 1.48. The number of benzene rings is 2. The van der Waals surface area contributed by atoms with E-state index in [9.17, 15) is 9.59 Å². The molecule has 0 aliphatic rings. The molecule has 0 aliphatic heterocycles. The molecule has 0 spiro atoms. The van der Waals surface area contributed by atoms with Gasteiger partial charge in [0.05, 0.1) is 5.56 Å². The maximum atomic E-state index is 12.3. The molecule has 0 radical (unpaired) electrons. The smallest absolute Gasteiger partial charge is 0.338 e. The summed E-state index contributed by atoms with van der Waals surface area (Å²) in [6.07, 6.45) is 2.36. The van der Waals surface area contributed by atoms with Crippen LogP contribution in [0.5, 0.6) is 0 Å². The highest BCUT2D eigenvalue weighted by Crippen LogP contribution is 2.23. The van der Waals surface area contributed by atoms with Gasteiger partial charge in [-0.25, -0.2) is 9.78 Å². The van der Waals surface area contributed by atoms with Crippen LogP contribution in [-0.2, 0) is 9.53 Å². The number of H-pyrrole nitrogens is 1. The molecule has 27 heavy (non-hydrogen) atoms. The van der Waals surface area contributed by atoms with Crippen molar-refractivity contribution in [1.29, 1.82) is 0 Å². The van der Waals surface area contributed by atoms with E-state index in [-0.39, 0.29) is 0 Å². The van der Waals surface area contributed by atoms with Crippen molar-refractivity contribution in [3.8, 4) is 11.4 Å². The summed E-state index contributed by atoms with van der Waals surface area (Å²) in [4.78, 5) is 31.6. The second-order valence-corrected chi connectivity index (χ2v) is 6.58. The van der Waals surface area contributed by atoms with Crippen LogP contribution < -0.4 is 5.32 Å². The lowest BCUT2D eigenvalue weighted by Gasteiger charge is -2.14. The minimum atomic E-state index is -1.000. The second kappa shape index (κ2) is 8.24. The van der Waals surface area contributed by atoms with E-state index in [1.165, 1.54) is 6.92 Å². The van der Waals surface area contributed by atoms with Crippen LogP contribution in [-0.4, -0.2) is 27.9 Å². The second-order valence-electron chi connectivity index (χ2n) is 5.71. The molecule has 1 atom stereocenters. The Bertz CT molecular complexity index is 937. The van der Waals surface area contributed by atoms with Crippen LogP contribution in [0.3, 0.4) is 0 Å². The van der Waals surface area contributed by atoms with E-state index in [0.29, 0.717) is 27.1 Å². The van der Waals surface area contributed by atoms with Crippen molar-refractivity contribution in [2.24, 2.45) is 0 Å². The highest BCUT2D eigenvalue weighted by Gasteiger charge is 2.19. The Morgan fingerprint density at radius 2 is 1.78 bits per heavy atom. The van der Waals surface area contributed by atoms with Gasteiger partial charge in [-0.3, -0.25) is 4.79 Å². The monoisotopic (exact) mass is 403 g/mol. The van der Waals surface area contributed by atoms with Gasteiger partial charge in [0.1, 0.15) is 5.82 Å². The average Bonchev–Trinajstić information content (AvgIpc) is 3.15. The lowest BCUT2D eigenvalue weighted by molar-refractivity contribution is -0.123. The molecule has 6 nitrogen and oxygen atoms in total. The van der Waals surface area contributed by atoms with Gasteiger partial charge < -0.3 is 15.0 Å². The Labute approximate surface area is 165 Å². The Morgan fingerprint density at radius 1 is 1.11 bits per heavy atom. The van der Waals surface area contributed by atoms with Gasteiger partial charge in [0.15, 0.2) is 6.10 Å². The number of aromatic nitrogens is 2. The lowest BCUT2D eigenvalue weighted by atomic mass is 10.1. The van der Waals surface area contributed by atoms with Crippen LogP contribution in [0, 0.1) is 0 Å². The van der Waals surface area contributed by atoms with Crippen molar-refractivity contribution in [3.05, 3.63) is 70.5 Å². The standard InChI is InChI=1S/C19H15Cl2N3O3/c1-11(18(25)24-16-9-14(20)8-15(21)10-16)27-19(26)13-4-2-12(3-5-13)17-22-6-7-23-17/h2-11H,1H3,(H,22,23)(H,24,25). The summed E-state index contributed by atoms with van der Waals surface area (Å²) >= 11 is 11.8. The van der Waals surface area contributed by atoms with Gasteiger partial charge in [0, 0.05) is 33.7 Å². The van der Waals surface area contributed by atoms with Crippen LogP contribution in [0.4, 0.5) is 5.69 Å². The molecular formula is C19H15Cl2N3O3. The minimum Gasteiger partial charge on any atom is -0.449 e. The van der Waals surface area contributed by atoms with Crippen LogP contribution in [0.2, 0.25) is 10.0 Å². The number of nitrogens with zero attached hydrogens (tertiary/aromatic N) is 1. The number of aromatic amines is 1. The van der Waals surface area contributed by atoms with E-state index in [1.54, 1.807) is 54.9 Å². The first-order valence-electron chi connectivity index (χ1n) is 8.00. The minimum absolute atomic E-state index is 0.329. The number of amides is 1. The number of carbonyl (C=O) groups excluding carboxylic acids is 2. The zero-order valence-electron chi connectivity index (χ0n) is 14.2. The van der Waals surface area contributed by atoms with Gasteiger partial charge in [-0.1, -0.05) is 35.3 Å². The molecule has 1 unspecified atom stereocenters. The molecule has 0 fully saturated rings. The van der Waals surface area contributed by atoms with Crippen molar-refractivity contribution in [3.63, 3.8) is 0 Å². The molecule has 1 heterocycles. The maximum Gasteiger partial charge on any atom is 0.338 e. The van der Waals surface area contributed by atoms with Gasteiger partial charge in [-0.05, 0) is 37.3 Å². The molecule has 3 aromatic rings. The summed E-state index contributed by atoms with van der Waals surface area (Å²) in [5.74, 6) is -0.399. The molecule has 0 saturated carbocycles. The van der Waals surface area contributed by atoms with Crippen LogP contribution in [0.15, 0.2) is 54.9 Å². The fourth-order valence-corrected chi connectivity index (χ4v) is 2.87. The number of hydrogen-bond donors (Lipinski definition) is 2. The van der Waals surface area contributed by atoms with E-state index in [1.807, 2.05) is 0 Å². The molecule has 3 rings (SSSR count). The number of anilines is 1. The lowest BCUT2D eigenvalue weighted by Crippen LogP contribution is -2.30. The van der Waals surface area contributed by atoms with Crippen molar-refractivity contribution in [1.82, 2.24) is 9.97 Å². The molecule has 8 heteroatoms. The Morgan fingerprint density at radius 3 is 2.37 bits per heavy atom. The summed E-state index contributed by atoms with van der Waals surface area (Å²) in [7, 11) is 0. The normalized spacial score (nSPS) is 11.7. The fourth-order valence-electron chi connectivity index (χ4n) is 2.34. The van der Waals surface area contributed by atoms with Crippen LogP contribution in [0.25, 0.3) is 11.4 Å². The highest BCUT2D eigenvalue weighted by atomic mass is 35.5. The number of esters is 1.